The quantitative estimate of drug-likeness (QED) is 0.300. The number of nitrogens with zero attached hydrogens (tertiary/aromatic N) is 4. The molecule has 36 heavy (non-hydrogen) atoms. The van der Waals surface area contributed by atoms with Crippen molar-refractivity contribution in [3.05, 3.63) is 83.2 Å². The fraction of sp³-hybridized carbons (Fsp3) is 0.0909. The van der Waals surface area contributed by atoms with Crippen LogP contribution in [-0.4, -0.2) is 42.3 Å². The van der Waals surface area contributed by atoms with E-state index < -0.39 is 46.6 Å². The Morgan fingerprint density at radius 1 is 0.611 bits per heavy atom. The van der Waals surface area contributed by atoms with Crippen LogP contribution in [0.4, 0.5) is 26.3 Å². The zero-order valence-electron chi connectivity index (χ0n) is 17.7. The Bertz CT molecular complexity index is 1260. The van der Waals surface area contributed by atoms with Crippen molar-refractivity contribution in [3.63, 3.8) is 0 Å². The van der Waals surface area contributed by atoms with Crippen LogP contribution in [0, 0.1) is 0 Å². The molecule has 0 aliphatic rings. The lowest BCUT2D eigenvalue weighted by molar-refractivity contribution is -0.142. The Kier molecular flexibility index (Phi) is 7.17. The first-order chi connectivity index (χ1) is 16.9. The number of aromatic nitrogens is 4. The number of alkyl halides is 6. The predicted octanol–water partition coefficient (Wildman–Crippen LogP) is 4.82. The first-order valence-electron chi connectivity index (χ1n) is 9.69. The van der Waals surface area contributed by atoms with Gasteiger partial charge in [0.05, 0.1) is 11.4 Å². The third-order valence-electron chi connectivity index (χ3n) is 4.57. The van der Waals surface area contributed by atoms with Crippen molar-refractivity contribution in [2.75, 3.05) is 0 Å². The van der Waals surface area contributed by atoms with Crippen molar-refractivity contribution < 1.29 is 46.1 Å². The van der Waals surface area contributed by atoms with E-state index in [1.807, 2.05) is 0 Å². The molecule has 0 aliphatic heterocycles. The molecular weight excluding hydrogens is 498 g/mol. The largest absolute Gasteiger partial charge is 0.493 e. The molecule has 0 radical (unpaired) electrons. The Morgan fingerprint density at radius 2 is 0.917 bits per heavy atom. The van der Waals surface area contributed by atoms with Crippen LogP contribution in [0.2, 0.25) is 0 Å². The minimum Gasteiger partial charge on any atom is -0.493 e. The second-order valence-corrected chi connectivity index (χ2v) is 6.90. The Hall–Kier alpha value is -4.62. The number of rotatable bonds is 4. The van der Waals surface area contributed by atoms with Crippen LogP contribution in [0.25, 0.3) is 11.4 Å². The molecule has 0 unspecified atom stereocenters. The number of hydrogen-bond acceptors (Lipinski definition) is 6. The lowest BCUT2D eigenvalue weighted by Gasteiger charge is -2.02. The summed E-state index contributed by atoms with van der Waals surface area (Å²) in [4.78, 5) is 21.3. The van der Waals surface area contributed by atoms with E-state index in [2.05, 4.69) is 10.2 Å². The van der Waals surface area contributed by atoms with Gasteiger partial charge in [-0.1, -0.05) is 36.4 Å². The van der Waals surface area contributed by atoms with Gasteiger partial charge in [0.25, 0.3) is 0 Å². The van der Waals surface area contributed by atoms with Gasteiger partial charge in [-0.2, -0.15) is 45.9 Å². The maximum atomic E-state index is 12.6. The van der Waals surface area contributed by atoms with Crippen LogP contribution in [0.5, 0.6) is 11.8 Å². The molecule has 0 spiro atoms. The summed E-state index contributed by atoms with van der Waals surface area (Å²) in [6, 6.07) is 15.5. The van der Waals surface area contributed by atoms with Crippen LogP contribution < -0.4 is 0 Å². The number of carbonyl (C=O) groups is 2. The topological polar surface area (TPSA) is 110 Å². The number of halogens is 6. The molecule has 2 heterocycles. The van der Waals surface area contributed by atoms with Crippen molar-refractivity contribution in [1.29, 1.82) is 0 Å². The highest BCUT2D eigenvalue weighted by atomic mass is 19.4. The van der Waals surface area contributed by atoms with Gasteiger partial charge in [0, 0.05) is 0 Å². The zero-order valence-corrected chi connectivity index (χ0v) is 17.7. The summed E-state index contributed by atoms with van der Waals surface area (Å²) >= 11 is 0. The van der Waals surface area contributed by atoms with Gasteiger partial charge in [0.1, 0.15) is 11.1 Å². The average molecular weight is 512 g/mol. The molecule has 8 nitrogen and oxygen atoms in total. The van der Waals surface area contributed by atoms with Crippen LogP contribution in [0.15, 0.2) is 60.7 Å². The summed E-state index contributed by atoms with van der Waals surface area (Å²) in [7, 11) is 0. The van der Waals surface area contributed by atoms with Crippen LogP contribution in [-0.2, 0) is 12.4 Å². The highest BCUT2D eigenvalue weighted by molar-refractivity contribution is 5.81. The number of aldehydes is 2. The minimum atomic E-state index is -4.80. The van der Waals surface area contributed by atoms with E-state index in [0.717, 1.165) is 0 Å². The van der Waals surface area contributed by atoms with Crippen molar-refractivity contribution in [1.82, 2.24) is 19.6 Å². The lowest BCUT2D eigenvalue weighted by atomic mass is 10.2. The van der Waals surface area contributed by atoms with E-state index >= 15 is 0 Å². The molecule has 0 bridgehead atoms. The van der Waals surface area contributed by atoms with E-state index in [0.29, 0.717) is 9.36 Å². The summed E-state index contributed by atoms with van der Waals surface area (Å²) in [5.74, 6) is -1.66. The molecule has 0 amide bonds. The molecule has 188 valence electrons. The molecule has 0 aliphatic carbocycles. The van der Waals surface area contributed by atoms with E-state index in [9.17, 15) is 46.1 Å². The highest BCUT2D eigenvalue weighted by Crippen LogP contribution is 2.36. The van der Waals surface area contributed by atoms with Crippen LogP contribution in [0.3, 0.4) is 0 Å². The monoisotopic (exact) mass is 512 g/mol. The second-order valence-electron chi connectivity index (χ2n) is 6.90. The van der Waals surface area contributed by atoms with Gasteiger partial charge in [-0.15, -0.1) is 0 Å². The van der Waals surface area contributed by atoms with Gasteiger partial charge in [-0.3, -0.25) is 9.59 Å². The molecular formula is C22H14F6N4O4. The SMILES string of the molecule is O=Cc1c(C(F)(F)F)nn(-c2ccccc2)c1O.O=Cc1c(C(F)(F)F)nn(-c2ccccc2)c1O. The summed E-state index contributed by atoms with van der Waals surface area (Å²) in [6.07, 6.45) is -9.73. The summed E-state index contributed by atoms with van der Waals surface area (Å²) < 4.78 is 76.9. The Labute approximate surface area is 197 Å². The van der Waals surface area contributed by atoms with E-state index in [4.69, 9.17) is 0 Å². The van der Waals surface area contributed by atoms with E-state index in [1.165, 1.54) is 24.3 Å². The molecule has 0 saturated heterocycles. The molecule has 2 aromatic carbocycles. The van der Waals surface area contributed by atoms with Gasteiger partial charge < -0.3 is 10.2 Å². The number of aromatic hydroxyl groups is 2. The first-order valence-corrected chi connectivity index (χ1v) is 9.69. The van der Waals surface area contributed by atoms with Crippen molar-refractivity contribution >= 4 is 12.6 Å². The summed E-state index contributed by atoms with van der Waals surface area (Å²) in [5.41, 5.74) is -4.09. The van der Waals surface area contributed by atoms with Gasteiger partial charge in [-0.25, -0.2) is 0 Å². The van der Waals surface area contributed by atoms with E-state index in [-0.39, 0.29) is 23.9 Å². The number of para-hydroxylation sites is 2. The van der Waals surface area contributed by atoms with Crippen molar-refractivity contribution in [3.8, 4) is 23.1 Å². The lowest BCUT2D eigenvalue weighted by Crippen LogP contribution is -2.09. The summed E-state index contributed by atoms with van der Waals surface area (Å²) in [6.45, 7) is 0. The fourth-order valence-electron chi connectivity index (χ4n) is 2.98. The highest BCUT2D eigenvalue weighted by Gasteiger charge is 2.40. The summed E-state index contributed by atoms with van der Waals surface area (Å²) in [5, 5.41) is 25.7. The molecule has 0 atom stereocenters. The molecule has 0 fully saturated rings. The third-order valence-corrected chi connectivity index (χ3v) is 4.57. The molecule has 2 N–H and O–H groups in total. The molecule has 4 rings (SSSR count). The van der Waals surface area contributed by atoms with Crippen LogP contribution >= 0.6 is 0 Å². The standard InChI is InChI=1S/2C11H7F3N2O2/c2*12-11(13,14)9-8(6-17)10(18)16(15-9)7-4-2-1-3-5-7/h2*1-6,18H. The number of carbonyl (C=O) groups excluding carboxylic acids is 2. The smallest absolute Gasteiger partial charge is 0.436 e. The predicted molar refractivity (Wildman–Crippen MR) is 111 cm³/mol. The van der Waals surface area contributed by atoms with Crippen molar-refractivity contribution in [2.45, 2.75) is 12.4 Å². The Balaban J connectivity index is 0.000000201. The Morgan fingerprint density at radius 3 is 1.14 bits per heavy atom. The van der Waals surface area contributed by atoms with E-state index in [1.54, 1.807) is 36.4 Å². The van der Waals surface area contributed by atoms with Crippen molar-refractivity contribution in [2.24, 2.45) is 0 Å². The van der Waals surface area contributed by atoms with Gasteiger partial charge >= 0.3 is 12.4 Å². The fourth-order valence-corrected chi connectivity index (χ4v) is 2.98. The normalized spacial score (nSPS) is 11.5. The first kappa shape index (κ1) is 26.0. The molecule has 2 aromatic heterocycles. The van der Waals surface area contributed by atoms with Gasteiger partial charge in [-0.05, 0) is 24.3 Å². The van der Waals surface area contributed by atoms with Gasteiger partial charge in [0.2, 0.25) is 11.8 Å². The van der Waals surface area contributed by atoms with Gasteiger partial charge in [0.15, 0.2) is 24.0 Å². The zero-order chi connectivity index (χ0) is 26.7. The number of hydrogen-bond donors (Lipinski definition) is 2. The molecule has 14 heteroatoms. The molecule has 0 saturated carbocycles. The molecule has 4 aromatic rings. The maximum absolute atomic E-state index is 12.6. The maximum Gasteiger partial charge on any atom is 0.436 e. The average Bonchev–Trinajstić information content (AvgIpc) is 3.37. The third kappa shape index (κ3) is 5.21. The second kappa shape index (κ2) is 9.93. The van der Waals surface area contributed by atoms with Crippen LogP contribution in [0.1, 0.15) is 32.1 Å². The minimum absolute atomic E-state index is 0.0649. The number of benzene rings is 2.